The van der Waals surface area contributed by atoms with E-state index in [0.717, 1.165) is 6.26 Å². The molecule has 20 heavy (non-hydrogen) atoms. The molecule has 0 spiro atoms. The van der Waals surface area contributed by atoms with Gasteiger partial charge in [0.05, 0.1) is 11.5 Å². The molecule has 1 aromatic rings. The maximum atomic E-state index is 11.8. The Morgan fingerprint density at radius 3 is 2.55 bits per heavy atom. The third-order valence-electron chi connectivity index (χ3n) is 2.71. The number of sulfone groups is 1. The second-order valence-corrected chi connectivity index (χ2v) is 6.15. The molecule has 0 saturated carbocycles. The van der Waals surface area contributed by atoms with Crippen LogP contribution in [0.5, 0.6) is 11.5 Å². The summed E-state index contributed by atoms with van der Waals surface area (Å²) in [5.74, 6) is -0.391. The van der Waals surface area contributed by atoms with Gasteiger partial charge < -0.3 is 19.3 Å². The van der Waals surface area contributed by atoms with E-state index in [0.29, 0.717) is 0 Å². The second kappa shape index (κ2) is 5.29. The van der Waals surface area contributed by atoms with E-state index in [1.807, 2.05) is 0 Å². The fourth-order valence-electron chi connectivity index (χ4n) is 1.82. The summed E-state index contributed by atoms with van der Waals surface area (Å²) in [7, 11) is -3.65. The zero-order valence-electron chi connectivity index (χ0n) is 11.0. The van der Waals surface area contributed by atoms with Crippen molar-refractivity contribution in [2.24, 2.45) is 0 Å². The molecule has 0 bridgehead atoms. The number of benzene rings is 1. The van der Waals surface area contributed by atoms with Gasteiger partial charge in [0.15, 0.2) is 27.4 Å². The summed E-state index contributed by atoms with van der Waals surface area (Å²) >= 11 is 0. The van der Waals surface area contributed by atoms with E-state index in [-0.39, 0.29) is 35.4 Å². The van der Waals surface area contributed by atoms with Crippen LogP contribution < -0.4 is 9.47 Å². The lowest BCUT2D eigenvalue weighted by molar-refractivity contribution is -0.153. The SMILES string of the molecule is CCOC(=O)C(O)c1cc2c(cc1S(C)(=O)=O)OCO2. The highest BCUT2D eigenvalue weighted by Crippen LogP contribution is 2.38. The Balaban J connectivity index is 2.53. The van der Waals surface area contributed by atoms with Gasteiger partial charge in [-0.25, -0.2) is 13.2 Å². The van der Waals surface area contributed by atoms with E-state index >= 15 is 0 Å². The number of rotatable bonds is 4. The molecule has 1 aliphatic heterocycles. The number of ether oxygens (including phenoxy) is 3. The van der Waals surface area contributed by atoms with Crippen molar-refractivity contribution in [3.63, 3.8) is 0 Å². The fourth-order valence-corrected chi connectivity index (χ4v) is 2.74. The van der Waals surface area contributed by atoms with Crippen molar-refractivity contribution in [1.29, 1.82) is 0 Å². The molecule has 0 saturated heterocycles. The molecule has 0 amide bonds. The van der Waals surface area contributed by atoms with Gasteiger partial charge in [-0.2, -0.15) is 0 Å². The third kappa shape index (κ3) is 2.70. The molecule has 110 valence electrons. The smallest absolute Gasteiger partial charge is 0.339 e. The molecule has 8 heteroatoms. The molecular weight excluding hydrogens is 288 g/mol. The van der Waals surface area contributed by atoms with Crippen molar-refractivity contribution >= 4 is 15.8 Å². The van der Waals surface area contributed by atoms with Crippen LogP contribution in [-0.2, 0) is 19.4 Å². The molecular formula is C12H14O7S. The van der Waals surface area contributed by atoms with Crippen molar-refractivity contribution in [3.8, 4) is 11.5 Å². The Morgan fingerprint density at radius 1 is 1.40 bits per heavy atom. The fraction of sp³-hybridized carbons (Fsp3) is 0.417. The van der Waals surface area contributed by atoms with Crippen LogP contribution in [0.25, 0.3) is 0 Å². The van der Waals surface area contributed by atoms with Gasteiger partial charge in [-0.15, -0.1) is 0 Å². The largest absolute Gasteiger partial charge is 0.464 e. The van der Waals surface area contributed by atoms with Crippen LogP contribution in [0.1, 0.15) is 18.6 Å². The molecule has 1 aromatic carbocycles. The van der Waals surface area contributed by atoms with Gasteiger partial charge in [-0.05, 0) is 13.0 Å². The van der Waals surface area contributed by atoms with E-state index < -0.39 is 21.9 Å². The van der Waals surface area contributed by atoms with Gasteiger partial charge in [-0.3, -0.25) is 0 Å². The minimum Gasteiger partial charge on any atom is -0.464 e. The number of fused-ring (bicyclic) bond motifs is 1. The maximum Gasteiger partial charge on any atom is 0.339 e. The zero-order chi connectivity index (χ0) is 14.9. The normalized spacial score (nSPS) is 14.9. The molecule has 0 aliphatic carbocycles. The van der Waals surface area contributed by atoms with Crippen LogP contribution in [-0.4, -0.2) is 39.1 Å². The maximum absolute atomic E-state index is 11.8. The lowest BCUT2D eigenvalue weighted by Gasteiger charge is -2.14. The van der Waals surface area contributed by atoms with Crippen molar-refractivity contribution in [2.75, 3.05) is 19.7 Å². The summed E-state index contributed by atoms with van der Waals surface area (Å²) in [6, 6.07) is 2.51. The average Bonchev–Trinajstić information content (AvgIpc) is 2.82. The minimum atomic E-state index is -3.65. The standard InChI is InChI=1S/C12H14O7S/c1-3-17-12(14)11(13)7-4-8-9(19-6-18-8)5-10(7)20(2,15)16/h4-5,11,13H,3,6H2,1-2H3. The number of aliphatic hydroxyl groups excluding tert-OH is 1. The van der Waals surface area contributed by atoms with Crippen LogP contribution in [0.2, 0.25) is 0 Å². The first-order valence-corrected chi connectivity index (χ1v) is 7.72. The molecule has 1 N–H and O–H groups in total. The summed E-state index contributed by atoms with van der Waals surface area (Å²) in [4.78, 5) is 11.4. The number of carbonyl (C=O) groups is 1. The van der Waals surface area contributed by atoms with Gasteiger partial charge in [-0.1, -0.05) is 0 Å². The topological polar surface area (TPSA) is 99.1 Å². The molecule has 0 fully saturated rings. The Labute approximate surface area is 116 Å². The molecule has 1 atom stereocenters. The third-order valence-corrected chi connectivity index (χ3v) is 3.86. The number of hydrogen-bond donors (Lipinski definition) is 1. The molecule has 7 nitrogen and oxygen atoms in total. The first kappa shape index (κ1) is 14.6. The monoisotopic (exact) mass is 302 g/mol. The van der Waals surface area contributed by atoms with Crippen LogP contribution in [0, 0.1) is 0 Å². The van der Waals surface area contributed by atoms with E-state index in [9.17, 15) is 18.3 Å². The molecule has 0 aromatic heterocycles. The summed E-state index contributed by atoms with van der Waals surface area (Å²) in [5.41, 5.74) is -0.0878. The number of hydrogen-bond acceptors (Lipinski definition) is 7. The van der Waals surface area contributed by atoms with E-state index in [1.54, 1.807) is 6.92 Å². The summed E-state index contributed by atoms with van der Waals surface area (Å²) in [6.45, 7) is 1.62. The first-order valence-electron chi connectivity index (χ1n) is 5.83. The van der Waals surface area contributed by atoms with Crippen LogP contribution in [0.15, 0.2) is 17.0 Å². The van der Waals surface area contributed by atoms with E-state index in [4.69, 9.17) is 9.47 Å². The highest BCUT2D eigenvalue weighted by molar-refractivity contribution is 7.90. The van der Waals surface area contributed by atoms with Crippen molar-refractivity contribution in [3.05, 3.63) is 17.7 Å². The quantitative estimate of drug-likeness (QED) is 0.804. The lowest BCUT2D eigenvalue weighted by Crippen LogP contribution is -2.18. The predicted molar refractivity (Wildman–Crippen MR) is 67.3 cm³/mol. The van der Waals surface area contributed by atoms with Gasteiger partial charge in [0.2, 0.25) is 6.79 Å². The van der Waals surface area contributed by atoms with Gasteiger partial charge in [0, 0.05) is 17.9 Å². The molecule has 0 radical (unpaired) electrons. The Hall–Kier alpha value is -1.80. The van der Waals surface area contributed by atoms with Crippen molar-refractivity contribution < 1.29 is 32.5 Å². The van der Waals surface area contributed by atoms with Gasteiger partial charge in [0.1, 0.15) is 0 Å². The Bertz CT molecular complexity index is 635. The zero-order valence-corrected chi connectivity index (χ0v) is 11.8. The Kier molecular flexibility index (Phi) is 3.87. The summed E-state index contributed by atoms with van der Waals surface area (Å²) in [5, 5.41) is 9.96. The van der Waals surface area contributed by atoms with E-state index in [2.05, 4.69) is 4.74 Å². The predicted octanol–water partition coefficient (Wildman–Crippen LogP) is 0.415. The number of esters is 1. The highest BCUT2D eigenvalue weighted by atomic mass is 32.2. The first-order chi connectivity index (χ1) is 9.34. The second-order valence-electron chi connectivity index (χ2n) is 4.17. The van der Waals surface area contributed by atoms with Gasteiger partial charge >= 0.3 is 5.97 Å². The molecule has 1 heterocycles. The lowest BCUT2D eigenvalue weighted by atomic mass is 10.1. The van der Waals surface area contributed by atoms with E-state index in [1.165, 1.54) is 12.1 Å². The summed E-state index contributed by atoms with van der Waals surface area (Å²) in [6.07, 6.45) is -0.722. The number of aliphatic hydroxyl groups is 1. The van der Waals surface area contributed by atoms with Crippen LogP contribution in [0.3, 0.4) is 0 Å². The minimum absolute atomic E-state index is 0.0442. The highest BCUT2D eigenvalue weighted by Gasteiger charge is 2.29. The molecule has 1 unspecified atom stereocenters. The van der Waals surface area contributed by atoms with Crippen molar-refractivity contribution in [2.45, 2.75) is 17.9 Å². The van der Waals surface area contributed by atoms with Crippen molar-refractivity contribution in [1.82, 2.24) is 0 Å². The average molecular weight is 302 g/mol. The van der Waals surface area contributed by atoms with Crippen LogP contribution in [0.4, 0.5) is 0 Å². The molecule has 2 rings (SSSR count). The summed E-state index contributed by atoms with van der Waals surface area (Å²) < 4.78 is 38.5. The molecule has 1 aliphatic rings. The van der Waals surface area contributed by atoms with Gasteiger partial charge in [0.25, 0.3) is 0 Å². The van der Waals surface area contributed by atoms with Crippen LogP contribution >= 0.6 is 0 Å². The number of carbonyl (C=O) groups excluding carboxylic acids is 1. The Morgan fingerprint density at radius 2 is 2.00 bits per heavy atom.